The Hall–Kier alpha value is -2.19. The van der Waals surface area contributed by atoms with Crippen LogP contribution in [0.15, 0.2) is 24.0 Å². The number of ketones is 1. The van der Waals surface area contributed by atoms with Crippen LogP contribution < -0.4 is 0 Å². The predicted molar refractivity (Wildman–Crippen MR) is 123 cm³/mol. The first-order valence-electron chi connectivity index (χ1n) is 12.6. The first-order chi connectivity index (χ1) is 16.4. The van der Waals surface area contributed by atoms with E-state index in [2.05, 4.69) is 6.92 Å². The summed E-state index contributed by atoms with van der Waals surface area (Å²) in [5, 5.41) is 12.2. The van der Waals surface area contributed by atoms with Gasteiger partial charge < -0.3 is 24.1 Å². The Balaban J connectivity index is 1.65. The van der Waals surface area contributed by atoms with E-state index in [0.29, 0.717) is 19.4 Å². The second-order valence-corrected chi connectivity index (χ2v) is 11.9. The third-order valence-corrected chi connectivity index (χ3v) is 9.94. The van der Waals surface area contributed by atoms with Gasteiger partial charge in [-0.25, -0.2) is 4.79 Å². The number of cyclic esters (lactones) is 1. The standard InChI is InChI=1S/C27H36O8/c1-15(28)19-13-26-17(10-18(11-21(29)32-5)24(2,3)27(19,31)35-26)6-8-25(4)20(26)12-22(30)34-23(25)16-7-9-33-14-16/h7,9,12,16-19,23,31H,6,8,10-11,13-14H2,1-5H3/t16?,17?,18-,19?,23-,25+,26?,27?/m0/s1. The number of hydrogen-bond donors (Lipinski definition) is 1. The van der Waals surface area contributed by atoms with E-state index in [1.165, 1.54) is 14.0 Å². The van der Waals surface area contributed by atoms with Crippen molar-refractivity contribution in [3.8, 4) is 0 Å². The normalized spacial score (nSPS) is 45.4. The van der Waals surface area contributed by atoms with Crippen molar-refractivity contribution < 1.29 is 38.4 Å². The Bertz CT molecular complexity index is 1010. The van der Waals surface area contributed by atoms with E-state index in [4.69, 9.17) is 18.9 Å². The van der Waals surface area contributed by atoms with Crippen LogP contribution in [0.25, 0.3) is 0 Å². The highest BCUT2D eigenvalue weighted by atomic mass is 16.7. The van der Waals surface area contributed by atoms with Crippen LogP contribution in [0, 0.1) is 34.5 Å². The van der Waals surface area contributed by atoms with Crippen molar-refractivity contribution in [2.75, 3.05) is 13.7 Å². The fourth-order valence-electron chi connectivity index (χ4n) is 7.77. The summed E-state index contributed by atoms with van der Waals surface area (Å²) in [5.74, 6) is -3.96. The lowest BCUT2D eigenvalue weighted by Crippen LogP contribution is -2.58. The fraction of sp³-hybridized carbons (Fsp3) is 0.741. The number of ether oxygens (including phenoxy) is 4. The summed E-state index contributed by atoms with van der Waals surface area (Å²) in [4.78, 5) is 38.3. The molecule has 8 atom stereocenters. The average molecular weight is 489 g/mol. The Morgan fingerprint density at radius 1 is 1.26 bits per heavy atom. The molecule has 1 spiro atoms. The molecule has 2 saturated heterocycles. The maximum atomic E-state index is 13.0. The molecule has 1 saturated carbocycles. The maximum absolute atomic E-state index is 13.0. The Labute approximate surface area is 206 Å². The Morgan fingerprint density at radius 2 is 2.00 bits per heavy atom. The van der Waals surface area contributed by atoms with Gasteiger partial charge in [0.25, 0.3) is 0 Å². The van der Waals surface area contributed by atoms with Crippen LogP contribution in [-0.2, 0) is 33.3 Å². The second kappa shape index (κ2) is 7.90. The molecule has 5 unspecified atom stereocenters. The van der Waals surface area contributed by atoms with Gasteiger partial charge in [0, 0.05) is 23.3 Å². The lowest BCUT2D eigenvalue weighted by Gasteiger charge is -2.55. The van der Waals surface area contributed by atoms with Crippen molar-refractivity contribution in [1.82, 2.24) is 0 Å². The van der Waals surface area contributed by atoms with E-state index in [1.807, 2.05) is 19.9 Å². The SMILES string of the molecule is COC(=O)C[C@@H]1CC2CC[C@]3(C)C(=CC(=O)O[C@H]3C3C=COC3)C23CC(C(C)=O)C(O)(O3)C1(C)C. The third kappa shape index (κ3) is 3.28. The molecule has 4 aliphatic heterocycles. The molecule has 35 heavy (non-hydrogen) atoms. The zero-order valence-corrected chi connectivity index (χ0v) is 21.2. The van der Waals surface area contributed by atoms with Crippen LogP contribution in [0.4, 0.5) is 0 Å². The van der Waals surface area contributed by atoms with Gasteiger partial charge in [-0.1, -0.05) is 20.8 Å². The minimum atomic E-state index is -1.79. The smallest absolute Gasteiger partial charge is 0.331 e. The fourth-order valence-corrected chi connectivity index (χ4v) is 7.77. The molecule has 1 aliphatic carbocycles. The molecular formula is C27H36O8. The predicted octanol–water partition coefficient (Wildman–Crippen LogP) is 3.08. The molecular weight excluding hydrogens is 452 g/mol. The monoisotopic (exact) mass is 488 g/mol. The molecule has 0 aromatic heterocycles. The number of carbonyl (C=O) groups is 3. The van der Waals surface area contributed by atoms with Gasteiger partial charge in [-0.2, -0.15) is 0 Å². The molecule has 3 fully saturated rings. The van der Waals surface area contributed by atoms with Gasteiger partial charge in [0.2, 0.25) is 0 Å². The summed E-state index contributed by atoms with van der Waals surface area (Å²) >= 11 is 0. The van der Waals surface area contributed by atoms with E-state index < -0.39 is 40.2 Å². The lowest BCUT2D eigenvalue weighted by atomic mass is 9.51. The highest BCUT2D eigenvalue weighted by Gasteiger charge is 2.73. The van der Waals surface area contributed by atoms with E-state index >= 15 is 0 Å². The number of carbonyl (C=O) groups excluding carboxylic acids is 3. The summed E-state index contributed by atoms with van der Waals surface area (Å²) < 4.78 is 23.1. The van der Waals surface area contributed by atoms with Gasteiger partial charge in [0.15, 0.2) is 5.79 Å². The summed E-state index contributed by atoms with van der Waals surface area (Å²) in [7, 11) is 1.36. The molecule has 5 rings (SSSR count). The highest BCUT2D eigenvalue weighted by Crippen LogP contribution is 2.68. The minimum Gasteiger partial charge on any atom is -0.501 e. The molecule has 0 aromatic carbocycles. The van der Waals surface area contributed by atoms with Crippen molar-refractivity contribution in [1.29, 1.82) is 0 Å². The maximum Gasteiger partial charge on any atom is 0.331 e. The van der Waals surface area contributed by atoms with Gasteiger partial charge >= 0.3 is 11.9 Å². The third-order valence-electron chi connectivity index (χ3n) is 9.94. The number of fused-ring (bicyclic) bond motifs is 2. The van der Waals surface area contributed by atoms with E-state index in [-0.39, 0.29) is 35.9 Å². The number of Topliss-reactive ketones (excluding diaryl/α,β-unsaturated/α-hetero) is 1. The van der Waals surface area contributed by atoms with Gasteiger partial charge in [0.05, 0.1) is 37.4 Å². The quantitative estimate of drug-likeness (QED) is 0.602. The number of esters is 2. The second-order valence-electron chi connectivity index (χ2n) is 11.9. The Kier molecular flexibility index (Phi) is 5.53. The molecule has 0 amide bonds. The first kappa shape index (κ1) is 24.5. The van der Waals surface area contributed by atoms with Crippen LogP contribution in [0.2, 0.25) is 0 Å². The van der Waals surface area contributed by atoms with Crippen LogP contribution in [0.5, 0.6) is 0 Å². The summed E-state index contributed by atoms with van der Waals surface area (Å²) in [5.41, 5.74) is -1.64. The van der Waals surface area contributed by atoms with Crippen molar-refractivity contribution >= 4 is 17.7 Å². The molecule has 8 heteroatoms. The molecule has 0 radical (unpaired) electrons. The number of methoxy groups -OCH3 is 1. The van der Waals surface area contributed by atoms with Gasteiger partial charge in [-0.15, -0.1) is 0 Å². The lowest BCUT2D eigenvalue weighted by molar-refractivity contribution is -0.293. The number of hydrogen-bond acceptors (Lipinski definition) is 8. The van der Waals surface area contributed by atoms with Crippen LogP contribution in [-0.4, -0.2) is 54.0 Å². The molecule has 5 aliphatic rings. The van der Waals surface area contributed by atoms with Gasteiger partial charge in [-0.05, 0) is 56.1 Å². The van der Waals surface area contributed by atoms with E-state index in [0.717, 1.165) is 18.4 Å². The average Bonchev–Trinajstić information content (AvgIpc) is 3.42. The summed E-state index contributed by atoms with van der Waals surface area (Å²) in [6.45, 7) is 7.76. The highest BCUT2D eigenvalue weighted by molar-refractivity contribution is 5.86. The molecule has 192 valence electrons. The number of rotatable bonds is 4. The zero-order valence-electron chi connectivity index (χ0n) is 21.2. The zero-order chi connectivity index (χ0) is 25.4. The van der Waals surface area contributed by atoms with Crippen molar-refractivity contribution in [3.63, 3.8) is 0 Å². The van der Waals surface area contributed by atoms with E-state index in [9.17, 15) is 19.5 Å². The molecule has 4 heterocycles. The first-order valence-corrected chi connectivity index (χ1v) is 12.6. The van der Waals surface area contributed by atoms with Crippen molar-refractivity contribution in [2.45, 2.75) is 77.3 Å². The molecule has 0 aromatic rings. The minimum absolute atomic E-state index is 0.0731. The van der Waals surface area contributed by atoms with Crippen LogP contribution >= 0.6 is 0 Å². The molecule has 8 nitrogen and oxygen atoms in total. The number of aliphatic hydroxyl groups is 1. The summed E-state index contributed by atoms with van der Waals surface area (Å²) in [6, 6.07) is 0. The molecule has 1 N–H and O–H groups in total. The van der Waals surface area contributed by atoms with Gasteiger partial charge in [0.1, 0.15) is 11.9 Å². The van der Waals surface area contributed by atoms with Crippen molar-refractivity contribution in [3.05, 3.63) is 24.0 Å². The van der Waals surface area contributed by atoms with Crippen LogP contribution in [0.3, 0.4) is 0 Å². The van der Waals surface area contributed by atoms with E-state index in [1.54, 1.807) is 12.3 Å². The topological polar surface area (TPSA) is 108 Å². The van der Waals surface area contributed by atoms with Crippen molar-refractivity contribution in [2.24, 2.45) is 34.5 Å². The largest absolute Gasteiger partial charge is 0.501 e. The Morgan fingerprint density at radius 3 is 2.63 bits per heavy atom. The summed E-state index contributed by atoms with van der Waals surface area (Å²) in [6.07, 6.45) is 7.24. The molecule has 2 bridgehead atoms. The van der Waals surface area contributed by atoms with Gasteiger partial charge in [-0.3, -0.25) is 9.59 Å². The van der Waals surface area contributed by atoms with Crippen LogP contribution in [0.1, 0.15) is 59.8 Å².